The van der Waals surface area contributed by atoms with Crippen LogP contribution in [0.2, 0.25) is 0 Å². The number of carbonyl (C=O) groups excluding carboxylic acids is 1. The molecule has 0 saturated heterocycles. The fraction of sp³-hybridized carbons (Fsp3) is 0.842. The number of carbonyl (C=O) groups is 1. The third-order valence-corrected chi connectivity index (χ3v) is 6.61. The fourth-order valence-corrected chi connectivity index (χ4v) is 6.21. The minimum atomic E-state index is -0.520. The van der Waals surface area contributed by atoms with Crippen molar-refractivity contribution in [1.29, 1.82) is 0 Å². The van der Waals surface area contributed by atoms with Gasteiger partial charge in [-0.15, -0.1) is 0 Å². The number of esters is 1. The zero-order valence-electron chi connectivity index (χ0n) is 13.9. The molecule has 3 fully saturated rings. The zero-order valence-corrected chi connectivity index (χ0v) is 13.9. The molecule has 0 heterocycles. The van der Waals surface area contributed by atoms with Gasteiger partial charge in [0, 0.05) is 0 Å². The van der Waals surface area contributed by atoms with Gasteiger partial charge in [-0.1, -0.05) is 12.2 Å². The van der Waals surface area contributed by atoms with E-state index in [1.54, 1.807) is 0 Å². The molecule has 4 rings (SSSR count). The van der Waals surface area contributed by atoms with Gasteiger partial charge in [0.2, 0.25) is 0 Å². The molecule has 8 atom stereocenters. The summed E-state index contributed by atoms with van der Waals surface area (Å²) in [6, 6.07) is 0. The lowest BCUT2D eigenvalue weighted by Gasteiger charge is -2.38. The maximum absolute atomic E-state index is 12.0. The molecule has 4 aliphatic carbocycles. The highest BCUT2D eigenvalue weighted by molar-refractivity contribution is 5.70. The molecule has 3 saturated carbocycles. The molecule has 22 heavy (non-hydrogen) atoms. The normalized spacial score (nSPS) is 46.1. The average Bonchev–Trinajstić information content (AvgIpc) is 3.14. The second-order valence-electron chi connectivity index (χ2n) is 9.02. The summed E-state index contributed by atoms with van der Waals surface area (Å²) < 4.78 is 5.37. The predicted octanol–water partition coefficient (Wildman–Crippen LogP) is 3.17. The SMILES string of the molecule is CC(C)(C)OC(=O)CC(O)C1CC2CC1C1C3C=CC(C3)C21. The summed E-state index contributed by atoms with van der Waals surface area (Å²) in [6.07, 6.45) is 8.24. The van der Waals surface area contributed by atoms with E-state index in [0.717, 1.165) is 36.0 Å². The van der Waals surface area contributed by atoms with E-state index in [1.807, 2.05) is 20.8 Å². The third-order valence-electron chi connectivity index (χ3n) is 6.61. The van der Waals surface area contributed by atoms with Crippen LogP contribution < -0.4 is 0 Å². The van der Waals surface area contributed by atoms with Gasteiger partial charge in [-0.3, -0.25) is 4.79 Å². The van der Waals surface area contributed by atoms with Gasteiger partial charge in [-0.05, 0) is 81.5 Å². The molecule has 4 bridgehead atoms. The van der Waals surface area contributed by atoms with Crippen molar-refractivity contribution >= 4 is 5.97 Å². The molecular weight excluding hydrogens is 276 g/mol. The first-order valence-corrected chi connectivity index (χ1v) is 8.92. The molecule has 3 nitrogen and oxygen atoms in total. The van der Waals surface area contributed by atoms with Gasteiger partial charge >= 0.3 is 5.97 Å². The van der Waals surface area contributed by atoms with Crippen molar-refractivity contribution in [2.75, 3.05) is 0 Å². The molecule has 0 aliphatic heterocycles. The lowest BCUT2D eigenvalue weighted by Crippen LogP contribution is -2.38. The topological polar surface area (TPSA) is 46.5 Å². The second kappa shape index (κ2) is 4.83. The van der Waals surface area contributed by atoms with Crippen LogP contribution in [-0.2, 0) is 9.53 Å². The fourth-order valence-electron chi connectivity index (χ4n) is 6.21. The Bertz CT molecular complexity index is 503. The number of aliphatic hydroxyl groups is 1. The Hall–Kier alpha value is -0.830. The van der Waals surface area contributed by atoms with E-state index in [2.05, 4.69) is 12.2 Å². The molecule has 0 aromatic rings. The zero-order chi connectivity index (χ0) is 15.6. The highest BCUT2D eigenvalue weighted by atomic mass is 16.6. The molecule has 8 unspecified atom stereocenters. The standard InChI is InChI=1S/C19H28O3/c1-19(2,3)22-16(21)9-15(20)13-7-12-8-14(13)18-11-5-4-10(6-11)17(12)18/h4-5,10-15,17-18,20H,6-9H2,1-3H3. The number of allylic oxidation sites excluding steroid dienone is 2. The van der Waals surface area contributed by atoms with Gasteiger partial charge in [0.15, 0.2) is 0 Å². The summed E-state index contributed by atoms with van der Waals surface area (Å²) in [6.45, 7) is 5.63. The molecule has 122 valence electrons. The maximum Gasteiger partial charge on any atom is 0.308 e. The highest BCUT2D eigenvalue weighted by Gasteiger charge is 2.61. The summed E-state index contributed by atoms with van der Waals surface area (Å²) >= 11 is 0. The molecule has 0 amide bonds. The van der Waals surface area contributed by atoms with Crippen molar-refractivity contribution in [3.8, 4) is 0 Å². The van der Waals surface area contributed by atoms with Crippen LogP contribution in [0.25, 0.3) is 0 Å². The number of fused-ring (bicyclic) bond motifs is 9. The van der Waals surface area contributed by atoms with Crippen LogP contribution in [0.15, 0.2) is 12.2 Å². The summed E-state index contributed by atoms with van der Waals surface area (Å²) in [4.78, 5) is 12.0. The minimum Gasteiger partial charge on any atom is -0.460 e. The number of aliphatic hydroxyl groups excluding tert-OH is 1. The van der Waals surface area contributed by atoms with Crippen LogP contribution in [0.3, 0.4) is 0 Å². The minimum absolute atomic E-state index is 0.159. The van der Waals surface area contributed by atoms with Crippen molar-refractivity contribution < 1.29 is 14.6 Å². The van der Waals surface area contributed by atoms with Crippen LogP contribution in [0.1, 0.15) is 46.5 Å². The smallest absolute Gasteiger partial charge is 0.308 e. The van der Waals surface area contributed by atoms with Gasteiger partial charge in [-0.25, -0.2) is 0 Å². The van der Waals surface area contributed by atoms with Gasteiger partial charge in [0.25, 0.3) is 0 Å². The van der Waals surface area contributed by atoms with Gasteiger partial charge in [-0.2, -0.15) is 0 Å². The van der Waals surface area contributed by atoms with Crippen LogP contribution in [-0.4, -0.2) is 22.8 Å². The van der Waals surface area contributed by atoms with E-state index < -0.39 is 11.7 Å². The Kier molecular flexibility index (Phi) is 3.24. The van der Waals surface area contributed by atoms with E-state index in [0.29, 0.717) is 11.8 Å². The van der Waals surface area contributed by atoms with Crippen LogP contribution >= 0.6 is 0 Å². The first-order valence-electron chi connectivity index (χ1n) is 8.92. The molecule has 0 spiro atoms. The average molecular weight is 304 g/mol. The lowest BCUT2D eigenvalue weighted by molar-refractivity contribution is -0.158. The van der Waals surface area contributed by atoms with E-state index >= 15 is 0 Å². The largest absolute Gasteiger partial charge is 0.460 e. The number of ether oxygens (including phenoxy) is 1. The van der Waals surface area contributed by atoms with Crippen LogP contribution in [0.4, 0.5) is 0 Å². The van der Waals surface area contributed by atoms with Crippen LogP contribution in [0.5, 0.6) is 0 Å². The Morgan fingerprint density at radius 1 is 1.18 bits per heavy atom. The van der Waals surface area contributed by atoms with Gasteiger partial charge < -0.3 is 9.84 Å². The van der Waals surface area contributed by atoms with Crippen molar-refractivity contribution in [2.24, 2.45) is 41.4 Å². The maximum atomic E-state index is 12.0. The Labute approximate surface area is 133 Å². The number of hydrogen-bond acceptors (Lipinski definition) is 3. The second-order valence-corrected chi connectivity index (χ2v) is 9.02. The summed E-state index contributed by atoms with van der Waals surface area (Å²) in [5.74, 6) is 4.70. The number of rotatable bonds is 3. The molecule has 0 radical (unpaired) electrons. The van der Waals surface area contributed by atoms with Crippen molar-refractivity contribution in [1.82, 2.24) is 0 Å². The van der Waals surface area contributed by atoms with E-state index in [9.17, 15) is 9.90 Å². The molecule has 0 aromatic heterocycles. The molecule has 0 aromatic carbocycles. The van der Waals surface area contributed by atoms with E-state index in [1.165, 1.54) is 12.8 Å². The van der Waals surface area contributed by atoms with Crippen molar-refractivity contribution in [2.45, 2.75) is 58.2 Å². The Balaban J connectivity index is 1.41. The molecular formula is C19H28O3. The predicted molar refractivity (Wildman–Crippen MR) is 83.9 cm³/mol. The van der Waals surface area contributed by atoms with E-state index in [-0.39, 0.29) is 12.4 Å². The van der Waals surface area contributed by atoms with Gasteiger partial charge in [0.05, 0.1) is 12.5 Å². The number of hydrogen-bond donors (Lipinski definition) is 1. The quantitative estimate of drug-likeness (QED) is 0.495. The summed E-state index contributed by atoms with van der Waals surface area (Å²) in [7, 11) is 0. The molecule has 1 N–H and O–H groups in total. The summed E-state index contributed by atoms with van der Waals surface area (Å²) in [5, 5.41) is 10.6. The van der Waals surface area contributed by atoms with E-state index in [4.69, 9.17) is 4.74 Å². The summed E-state index contributed by atoms with van der Waals surface area (Å²) in [5.41, 5.74) is -0.466. The van der Waals surface area contributed by atoms with Gasteiger partial charge in [0.1, 0.15) is 5.60 Å². The monoisotopic (exact) mass is 304 g/mol. The molecule has 3 heteroatoms. The molecule has 4 aliphatic rings. The van der Waals surface area contributed by atoms with Crippen molar-refractivity contribution in [3.05, 3.63) is 12.2 Å². The first kappa shape index (κ1) is 14.7. The first-order chi connectivity index (χ1) is 10.3. The van der Waals surface area contributed by atoms with Crippen molar-refractivity contribution in [3.63, 3.8) is 0 Å². The van der Waals surface area contributed by atoms with Crippen LogP contribution in [0, 0.1) is 41.4 Å². The highest BCUT2D eigenvalue weighted by Crippen LogP contribution is 2.67. The Morgan fingerprint density at radius 3 is 2.55 bits per heavy atom. The lowest BCUT2D eigenvalue weighted by atomic mass is 9.68. The third kappa shape index (κ3) is 2.24. The Morgan fingerprint density at radius 2 is 1.86 bits per heavy atom.